The van der Waals surface area contributed by atoms with Crippen molar-refractivity contribution in [2.75, 3.05) is 20.1 Å². The summed E-state index contributed by atoms with van der Waals surface area (Å²) in [6.45, 7) is 1.49. The highest BCUT2D eigenvalue weighted by Gasteiger charge is 2.40. The van der Waals surface area contributed by atoms with Crippen molar-refractivity contribution in [1.29, 1.82) is 0 Å². The topological polar surface area (TPSA) is 49.9 Å². The highest BCUT2D eigenvalue weighted by molar-refractivity contribution is 5.97. The lowest BCUT2D eigenvalue weighted by Crippen LogP contribution is -2.45. The summed E-state index contributed by atoms with van der Waals surface area (Å²) in [5, 5.41) is 0. The molecule has 3 fully saturated rings. The molecule has 0 spiro atoms. The molecule has 2 atom stereocenters. The number of carbonyl (C=O) groups excluding carboxylic acids is 2. The Hall–Kier alpha value is -2.82. The Balaban J connectivity index is 1.53. The Labute approximate surface area is 159 Å². The molecule has 0 aliphatic carbocycles. The number of hydrogen-bond acceptors (Lipinski definition) is 3. The number of piperidine rings is 1. The van der Waals surface area contributed by atoms with Crippen LogP contribution in [-0.4, -0.2) is 47.8 Å². The molecule has 0 saturated carbocycles. The molecule has 0 N–H and O–H groups in total. The molecule has 2 aromatic carbocycles. The van der Waals surface area contributed by atoms with E-state index in [4.69, 9.17) is 4.74 Å². The van der Waals surface area contributed by atoms with Crippen LogP contribution < -0.4 is 4.74 Å². The van der Waals surface area contributed by atoms with Crippen LogP contribution in [0, 0.1) is 5.92 Å². The number of rotatable bonds is 4. The molecule has 5 heteroatoms. The van der Waals surface area contributed by atoms with Crippen molar-refractivity contribution in [3.8, 4) is 5.75 Å². The van der Waals surface area contributed by atoms with Gasteiger partial charge in [-0.2, -0.15) is 0 Å². The first-order valence-electron chi connectivity index (χ1n) is 9.45. The first-order valence-corrected chi connectivity index (χ1v) is 9.45. The molecule has 3 saturated heterocycles. The lowest BCUT2D eigenvalue weighted by Gasteiger charge is -2.32. The van der Waals surface area contributed by atoms with Gasteiger partial charge in [-0.15, -0.1) is 0 Å². The van der Waals surface area contributed by atoms with Gasteiger partial charge in [-0.3, -0.25) is 9.59 Å². The number of amides is 2. The number of benzene rings is 2. The highest BCUT2D eigenvalue weighted by atomic mass is 16.5. The lowest BCUT2D eigenvalue weighted by atomic mass is 9.95. The maximum Gasteiger partial charge on any atom is 0.257 e. The van der Waals surface area contributed by atoms with E-state index in [1.54, 1.807) is 6.07 Å². The average molecular weight is 364 g/mol. The summed E-state index contributed by atoms with van der Waals surface area (Å²) >= 11 is 0. The van der Waals surface area contributed by atoms with E-state index in [1.807, 2.05) is 65.4 Å². The van der Waals surface area contributed by atoms with Crippen molar-refractivity contribution in [3.63, 3.8) is 0 Å². The van der Waals surface area contributed by atoms with Crippen LogP contribution in [0.4, 0.5) is 0 Å². The highest BCUT2D eigenvalue weighted by Crippen LogP contribution is 2.30. The molecule has 3 aliphatic rings. The van der Waals surface area contributed by atoms with Gasteiger partial charge in [0.05, 0.1) is 11.5 Å². The van der Waals surface area contributed by atoms with Crippen LogP contribution in [0.2, 0.25) is 0 Å². The van der Waals surface area contributed by atoms with Crippen LogP contribution in [0.25, 0.3) is 0 Å². The van der Waals surface area contributed by atoms with Crippen molar-refractivity contribution >= 4 is 11.8 Å². The zero-order chi connectivity index (χ0) is 18.8. The Morgan fingerprint density at radius 3 is 2.59 bits per heavy atom. The number of fused-ring (bicyclic) bond motifs is 4. The predicted molar refractivity (Wildman–Crippen MR) is 102 cm³/mol. The molecule has 140 valence electrons. The van der Waals surface area contributed by atoms with Gasteiger partial charge in [0, 0.05) is 26.2 Å². The molecule has 0 unspecified atom stereocenters. The molecule has 3 aliphatic heterocycles. The van der Waals surface area contributed by atoms with E-state index in [-0.39, 0.29) is 23.8 Å². The van der Waals surface area contributed by atoms with Gasteiger partial charge in [0.2, 0.25) is 5.91 Å². The number of para-hydroxylation sites is 1. The maximum absolute atomic E-state index is 13.2. The Morgan fingerprint density at radius 1 is 1.04 bits per heavy atom. The van der Waals surface area contributed by atoms with Crippen molar-refractivity contribution in [3.05, 3.63) is 65.7 Å². The molecule has 2 amide bonds. The normalized spacial score (nSPS) is 21.9. The van der Waals surface area contributed by atoms with Crippen molar-refractivity contribution in [2.24, 2.45) is 5.92 Å². The van der Waals surface area contributed by atoms with Crippen molar-refractivity contribution in [2.45, 2.75) is 25.5 Å². The third-order valence-corrected chi connectivity index (χ3v) is 5.61. The smallest absolute Gasteiger partial charge is 0.257 e. The molecule has 5 nitrogen and oxygen atoms in total. The standard InChI is InChI=1S/C22H24N2O3/c1-23-18-12-11-17(21(23)25)13-24(14-18)22(26)19-9-5-6-10-20(19)27-15-16-7-3-2-4-8-16/h2-10,17-18H,11-15H2,1H3/t17-,18+/m1/s1. The van der Waals surface area contributed by atoms with Crippen LogP contribution in [0.1, 0.15) is 28.8 Å². The van der Waals surface area contributed by atoms with Crippen LogP contribution in [-0.2, 0) is 11.4 Å². The summed E-state index contributed by atoms with van der Waals surface area (Å²) in [6, 6.07) is 17.4. The fourth-order valence-corrected chi connectivity index (χ4v) is 4.00. The van der Waals surface area contributed by atoms with E-state index in [1.165, 1.54) is 0 Å². The number of likely N-dealkylation sites (N-methyl/N-ethyl adjacent to an activating group) is 1. The van der Waals surface area contributed by atoms with E-state index in [9.17, 15) is 9.59 Å². The zero-order valence-electron chi connectivity index (χ0n) is 15.5. The first kappa shape index (κ1) is 17.6. The van der Waals surface area contributed by atoms with Gasteiger partial charge in [0.15, 0.2) is 0 Å². The van der Waals surface area contributed by atoms with E-state index in [0.29, 0.717) is 31.0 Å². The summed E-state index contributed by atoms with van der Waals surface area (Å²) in [6.07, 6.45) is 1.83. The second-order valence-corrected chi connectivity index (χ2v) is 7.36. The lowest BCUT2D eigenvalue weighted by molar-refractivity contribution is -0.138. The van der Waals surface area contributed by atoms with E-state index >= 15 is 0 Å². The summed E-state index contributed by atoms with van der Waals surface area (Å²) < 4.78 is 5.95. The number of carbonyl (C=O) groups is 2. The van der Waals surface area contributed by atoms with Gasteiger partial charge >= 0.3 is 0 Å². The summed E-state index contributed by atoms with van der Waals surface area (Å²) in [7, 11) is 1.85. The third kappa shape index (κ3) is 3.54. The minimum absolute atomic E-state index is 0.0568. The molecular formula is C22H24N2O3. The van der Waals surface area contributed by atoms with E-state index < -0.39 is 0 Å². The monoisotopic (exact) mass is 364 g/mol. The molecule has 3 heterocycles. The second-order valence-electron chi connectivity index (χ2n) is 7.36. The van der Waals surface area contributed by atoms with Gasteiger partial charge in [0.25, 0.3) is 5.91 Å². The number of nitrogens with zero attached hydrogens (tertiary/aromatic N) is 2. The average Bonchev–Trinajstić information content (AvgIpc) is 3.00. The molecule has 0 radical (unpaired) electrons. The molecule has 2 aromatic rings. The number of ether oxygens (including phenoxy) is 1. The van der Waals surface area contributed by atoms with Gasteiger partial charge in [-0.25, -0.2) is 0 Å². The van der Waals surface area contributed by atoms with Crippen LogP contribution in [0.15, 0.2) is 54.6 Å². The molecular weight excluding hydrogens is 340 g/mol. The summed E-state index contributed by atoms with van der Waals surface area (Å²) in [4.78, 5) is 29.3. The number of hydrogen-bond donors (Lipinski definition) is 0. The molecule has 5 rings (SSSR count). The zero-order valence-corrected chi connectivity index (χ0v) is 15.5. The minimum atomic E-state index is -0.0879. The van der Waals surface area contributed by atoms with E-state index in [0.717, 1.165) is 18.4 Å². The van der Waals surface area contributed by atoms with Gasteiger partial charge in [-0.05, 0) is 30.5 Å². The van der Waals surface area contributed by atoms with Gasteiger partial charge in [0.1, 0.15) is 12.4 Å². The Kier molecular flexibility index (Phi) is 4.84. The van der Waals surface area contributed by atoms with Crippen LogP contribution >= 0.6 is 0 Å². The first-order chi connectivity index (χ1) is 13.1. The quantitative estimate of drug-likeness (QED) is 0.838. The molecule has 2 bridgehead atoms. The fraction of sp³-hybridized carbons (Fsp3) is 0.364. The van der Waals surface area contributed by atoms with E-state index in [2.05, 4.69) is 0 Å². The maximum atomic E-state index is 13.2. The Bertz CT molecular complexity index is 836. The van der Waals surface area contributed by atoms with Crippen LogP contribution in [0.3, 0.4) is 0 Å². The van der Waals surface area contributed by atoms with Gasteiger partial charge in [-0.1, -0.05) is 42.5 Å². The summed E-state index contributed by atoms with van der Waals surface area (Å²) in [5.41, 5.74) is 1.62. The third-order valence-electron chi connectivity index (χ3n) is 5.61. The van der Waals surface area contributed by atoms with Gasteiger partial charge < -0.3 is 14.5 Å². The molecule has 27 heavy (non-hydrogen) atoms. The SMILES string of the molecule is CN1C(=O)[C@@H]2CC[C@H]1CN(C(=O)c1ccccc1OCc1ccccc1)C2. The second kappa shape index (κ2) is 7.43. The predicted octanol–water partition coefficient (Wildman–Crippen LogP) is 2.96. The Morgan fingerprint density at radius 2 is 1.78 bits per heavy atom. The largest absolute Gasteiger partial charge is 0.488 e. The fourth-order valence-electron chi connectivity index (χ4n) is 4.00. The van der Waals surface area contributed by atoms with Crippen molar-refractivity contribution < 1.29 is 14.3 Å². The molecule has 0 aromatic heterocycles. The van der Waals surface area contributed by atoms with Crippen molar-refractivity contribution in [1.82, 2.24) is 9.80 Å². The summed E-state index contributed by atoms with van der Waals surface area (Å²) in [5.74, 6) is 0.603. The minimum Gasteiger partial charge on any atom is -0.488 e. The van der Waals surface area contributed by atoms with Crippen LogP contribution in [0.5, 0.6) is 5.75 Å².